The highest BCUT2D eigenvalue weighted by Gasteiger charge is 2.23. The first kappa shape index (κ1) is 17.3. The van der Waals surface area contributed by atoms with Crippen LogP contribution in [0.15, 0.2) is 48.2 Å². The average Bonchev–Trinajstić information content (AvgIpc) is 2.48. The lowest BCUT2D eigenvalue weighted by Crippen LogP contribution is -2.12. The van der Waals surface area contributed by atoms with Gasteiger partial charge in [-0.3, -0.25) is 0 Å². The van der Waals surface area contributed by atoms with Crippen molar-refractivity contribution >= 4 is 96.0 Å². The van der Waals surface area contributed by atoms with Crippen LogP contribution < -0.4 is 0 Å². The number of rotatable bonds is 0. The van der Waals surface area contributed by atoms with Gasteiger partial charge in [-0.1, -0.05) is 80.7 Å². The third kappa shape index (κ3) is 2.40. The van der Waals surface area contributed by atoms with E-state index in [1.807, 2.05) is 0 Å². The molecule has 0 aliphatic heterocycles. The molecule has 0 spiro atoms. The van der Waals surface area contributed by atoms with E-state index in [2.05, 4.69) is 115 Å². The van der Waals surface area contributed by atoms with Gasteiger partial charge in [-0.2, -0.15) is 0 Å². The van der Waals surface area contributed by atoms with E-state index in [-0.39, 0.29) is 5.41 Å². The van der Waals surface area contributed by atoms with Crippen LogP contribution in [0.1, 0.15) is 26.3 Å². The van der Waals surface area contributed by atoms with Gasteiger partial charge >= 0.3 is 0 Å². The van der Waals surface area contributed by atoms with Crippen molar-refractivity contribution in [1.29, 1.82) is 0 Å². The second kappa shape index (κ2) is 5.67. The predicted molar refractivity (Wildman–Crippen MR) is 120 cm³/mol. The van der Waals surface area contributed by atoms with E-state index in [4.69, 9.17) is 0 Å². The van der Waals surface area contributed by atoms with E-state index in [1.54, 1.807) is 0 Å². The summed E-state index contributed by atoms with van der Waals surface area (Å²) in [4.78, 5) is 0. The molecule has 4 aromatic rings. The summed E-state index contributed by atoms with van der Waals surface area (Å²) in [6, 6.07) is 11.1. The van der Waals surface area contributed by atoms with Crippen LogP contribution in [0, 0.1) is 0 Å². The van der Waals surface area contributed by atoms with Gasteiger partial charge in [0.1, 0.15) is 0 Å². The molecule has 0 aromatic heterocycles. The molecule has 4 aromatic carbocycles. The highest BCUT2D eigenvalue weighted by Crippen LogP contribution is 2.48. The Morgan fingerprint density at radius 2 is 1.33 bits per heavy atom. The molecule has 4 rings (SSSR count). The van der Waals surface area contributed by atoms with Crippen LogP contribution in [-0.4, -0.2) is 0 Å². The molecule has 0 fully saturated rings. The fourth-order valence-electron chi connectivity index (χ4n) is 3.45. The van der Waals surface area contributed by atoms with Gasteiger partial charge in [0, 0.05) is 23.3 Å². The van der Waals surface area contributed by atoms with Gasteiger partial charge in [-0.15, -0.1) is 0 Å². The average molecular weight is 574 g/mol. The van der Waals surface area contributed by atoms with Crippen LogP contribution in [0.2, 0.25) is 0 Å². The summed E-state index contributed by atoms with van der Waals surface area (Å²) in [6.07, 6.45) is 0. The first-order chi connectivity index (χ1) is 11.2. The van der Waals surface area contributed by atoms with Crippen molar-refractivity contribution in [2.24, 2.45) is 0 Å². The molecule has 0 aliphatic carbocycles. The highest BCUT2D eigenvalue weighted by molar-refractivity contribution is 9.11. The Labute approximate surface area is 174 Å². The molecule has 0 heterocycles. The zero-order chi connectivity index (χ0) is 17.4. The van der Waals surface area contributed by atoms with Gasteiger partial charge in [-0.25, -0.2) is 0 Å². The molecular weight excluding hydrogens is 560 g/mol. The minimum atomic E-state index is 0.0733. The van der Waals surface area contributed by atoms with Gasteiger partial charge in [0.25, 0.3) is 0 Å². The summed E-state index contributed by atoms with van der Waals surface area (Å²) in [5.74, 6) is 0. The maximum atomic E-state index is 3.90. The quantitative estimate of drug-likeness (QED) is 0.184. The Morgan fingerprint density at radius 3 is 2.00 bits per heavy atom. The lowest BCUT2D eigenvalue weighted by Gasteiger charge is -2.24. The van der Waals surface area contributed by atoms with E-state index in [9.17, 15) is 0 Å². The molecule has 0 atom stereocenters. The zero-order valence-electron chi connectivity index (χ0n) is 13.4. The smallest absolute Gasteiger partial charge is 0.0303 e. The van der Waals surface area contributed by atoms with Gasteiger partial charge in [0.15, 0.2) is 0 Å². The number of hydrogen-bond acceptors (Lipinski definition) is 0. The van der Waals surface area contributed by atoms with E-state index in [0.717, 1.165) is 13.4 Å². The third-order valence-corrected chi connectivity index (χ3v) is 7.36. The molecule has 0 radical (unpaired) electrons. The first-order valence-electron chi connectivity index (χ1n) is 7.65. The number of hydrogen-bond donors (Lipinski definition) is 0. The predicted octanol–water partition coefficient (Wildman–Crippen LogP) is 8.93. The molecule has 0 unspecified atom stereocenters. The van der Waals surface area contributed by atoms with Gasteiger partial charge in [-0.05, 0) is 72.0 Å². The van der Waals surface area contributed by atoms with Crippen molar-refractivity contribution in [2.45, 2.75) is 26.2 Å². The molecular formula is C20H14Br4. The van der Waals surface area contributed by atoms with E-state index in [1.165, 1.54) is 42.4 Å². The maximum absolute atomic E-state index is 3.90. The first-order valence-corrected chi connectivity index (χ1v) is 10.8. The molecule has 0 N–H and O–H groups in total. The van der Waals surface area contributed by atoms with Crippen LogP contribution in [-0.2, 0) is 5.41 Å². The van der Waals surface area contributed by atoms with Gasteiger partial charge in [0.05, 0.1) is 0 Å². The second-order valence-corrected chi connectivity index (χ2v) is 10.6. The zero-order valence-corrected chi connectivity index (χ0v) is 19.7. The lowest BCUT2D eigenvalue weighted by molar-refractivity contribution is 0.589. The van der Waals surface area contributed by atoms with Crippen molar-refractivity contribution in [3.63, 3.8) is 0 Å². The number of benzene rings is 4. The molecule has 0 nitrogen and oxygen atoms in total. The molecule has 122 valence electrons. The second-order valence-electron chi connectivity index (χ2n) is 7.20. The minimum Gasteiger partial charge on any atom is -0.0560 e. The molecule has 0 saturated heterocycles. The topological polar surface area (TPSA) is 0 Å². The summed E-state index contributed by atoms with van der Waals surface area (Å²) in [6.45, 7) is 6.77. The molecule has 0 bridgehead atoms. The fourth-order valence-corrected chi connectivity index (χ4v) is 6.87. The van der Waals surface area contributed by atoms with Crippen molar-refractivity contribution < 1.29 is 0 Å². The van der Waals surface area contributed by atoms with E-state index < -0.39 is 0 Å². The van der Waals surface area contributed by atoms with Crippen LogP contribution >= 0.6 is 63.7 Å². The van der Waals surface area contributed by atoms with E-state index in [0.29, 0.717) is 0 Å². The monoisotopic (exact) mass is 570 g/mol. The van der Waals surface area contributed by atoms with Gasteiger partial charge in [0.2, 0.25) is 0 Å². The standard InChI is InChI=1S/C20H14Br4/c1-20(2,3)12-6-9-4-5-10-13(21)8-14(22)11-7-15(23)18(19(12)24)16(9)17(10)11/h4-8H,1-3H3. The largest absolute Gasteiger partial charge is 0.0560 e. The van der Waals surface area contributed by atoms with Crippen LogP contribution in [0.25, 0.3) is 32.3 Å². The van der Waals surface area contributed by atoms with E-state index >= 15 is 0 Å². The maximum Gasteiger partial charge on any atom is 0.0303 e. The Morgan fingerprint density at radius 1 is 0.667 bits per heavy atom. The highest BCUT2D eigenvalue weighted by atomic mass is 79.9. The Kier molecular flexibility index (Phi) is 4.08. The summed E-state index contributed by atoms with van der Waals surface area (Å²) < 4.78 is 4.52. The summed E-state index contributed by atoms with van der Waals surface area (Å²) in [5.41, 5.74) is 1.40. The van der Waals surface area contributed by atoms with Crippen molar-refractivity contribution in [3.8, 4) is 0 Å². The summed E-state index contributed by atoms with van der Waals surface area (Å²) in [7, 11) is 0. The van der Waals surface area contributed by atoms with Crippen LogP contribution in [0.3, 0.4) is 0 Å². The molecule has 24 heavy (non-hydrogen) atoms. The Bertz CT molecular complexity index is 1120. The minimum absolute atomic E-state index is 0.0733. The molecule has 4 heteroatoms. The molecule has 0 aliphatic rings. The summed E-state index contributed by atoms with van der Waals surface area (Å²) >= 11 is 15.2. The normalized spacial score (nSPS) is 12.8. The van der Waals surface area contributed by atoms with Crippen LogP contribution in [0.4, 0.5) is 0 Å². The molecule has 0 saturated carbocycles. The number of halogens is 4. The van der Waals surface area contributed by atoms with Crippen molar-refractivity contribution in [2.75, 3.05) is 0 Å². The Hall–Kier alpha value is -0.160. The Balaban J connectivity index is 2.37. The summed E-state index contributed by atoms with van der Waals surface area (Å²) in [5, 5.41) is 7.61. The third-order valence-electron chi connectivity index (χ3n) is 4.60. The molecule has 0 amide bonds. The lowest BCUT2D eigenvalue weighted by atomic mass is 9.83. The van der Waals surface area contributed by atoms with Crippen LogP contribution in [0.5, 0.6) is 0 Å². The van der Waals surface area contributed by atoms with Crippen molar-refractivity contribution in [3.05, 3.63) is 53.8 Å². The van der Waals surface area contributed by atoms with Crippen molar-refractivity contribution in [1.82, 2.24) is 0 Å². The van der Waals surface area contributed by atoms with Gasteiger partial charge < -0.3 is 0 Å². The fraction of sp³-hybridized carbons (Fsp3) is 0.200. The SMILES string of the molecule is CC(C)(C)c1cc2ccc3c(Br)cc(Br)c4cc(Br)c(c1Br)c2c34.